The van der Waals surface area contributed by atoms with Crippen molar-refractivity contribution >= 4 is 57.8 Å². The summed E-state index contributed by atoms with van der Waals surface area (Å²) in [4.78, 5) is 46.7. The molecule has 3 N–H and O–H groups in total. The highest BCUT2D eigenvalue weighted by Crippen LogP contribution is 2.35. The number of carbonyl (C=O) groups excluding carboxylic acids is 2. The number of rotatable bonds is 8. The van der Waals surface area contributed by atoms with Gasteiger partial charge >= 0.3 is 5.97 Å². The van der Waals surface area contributed by atoms with Crippen molar-refractivity contribution in [3.8, 4) is 11.3 Å². The third-order valence-corrected chi connectivity index (χ3v) is 5.68. The van der Waals surface area contributed by atoms with Gasteiger partial charge in [-0.05, 0) is 30.7 Å². The number of amides is 2. The van der Waals surface area contributed by atoms with Gasteiger partial charge in [-0.1, -0.05) is 24.0 Å². The largest absolute Gasteiger partial charge is 0.480 e. The van der Waals surface area contributed by atoms with Gasteiger partial charge in [0.25, 0.3) is 11.6 Å². The monoisotopic (exact) mass is 461 g/mol. The summed E-state index contributed by atoms with van der Waals surface area (Å²) < 4.78 is 5.74. The molecular formula is C19H15N3O7S2. The molecule has 1 unspecified atom stereocenters. The summed E-state index contributed by atoms with van der Waals surface area (Å²) in [5.74, 6) is -1.83. The SMILES string of the molecule is NC(=O)CCC(C(=O)O)N1C(=O)/C(=C\c2ccc(-c3ccc([N+](=O)[O-])cc3)o2)SC1=S. The standard InChI is InChI=1S/C19H15N3O7S2/c20-16(23)8-6-13(18(25)26)21-17(24)15(31-19(21)30)9-12-5-7-14(29-12)10-1-3-11(4-2-10)22(27)28/h1-5,7,9,13H,6,8H2,(H2,20,23)(H,25,26)/b15-9+. The van der Waals surface area contributed by atoms with E-state index in [0.717, 1.165) is 16.7 Å². The van der Waals surface area contributed by atoms with E-state index >= 15 is 0 Å². The molecule has 1 saturated heterocycles. The molecule has 0 bridgehead atoms. The average molecular weight is 461 g/mol. The van der Waals surface area contributed by atoms with E-state index in [4.69, 9.17) is 22.4 Å². The molecule has 0 saturated carbocycles. The molecule has 1 aromatic carbocycles. The third-order valence-electron chi connectivity index (χ3n) is 4.35. The lowest BCUT2D eigenvalue weighted by Crippen LogP contribution is -2.44. The first kappa shape index (κ1) is 22.2. The van der Waals surface area contributed by atoms with Gasteiger partial charge in [0, 0.05) is 30.2 Å². The predicted octanol–water partition coefficient (Wildman–Crippen LogP) is 2.77. The second kappa shape index (κ2) is 9.10. The van der Waals surface area contributed by atoms with Gasteiger partial charge in [-0.2, -0.15) is 0 Å². The normalized spacial score (nSPS) is 16.0. The number of aliphatic carboxylic acids is 1. The highest BCUT2D eigenvalue weighted by atomic mass is 32.2. The van der Waals surface area contributed by atoms with Gasteiger partial charge in [-0.3, -0.25) is 24.6 Å². The van der Waals surface area contributed by atoms with Crippen molar-refractivity contribution < 1.29 is 28.8 Å². The van der Waals surface area contributed by atoms with E-state index in [1.165, 1.54) is 30.3 Å². The molecule has 1 atom stereocenters. The van der Waals surface area contributed by atoms with Crippen molar-refractivity contribution in [2.24, 2.45) is 5.73 Å². The van der Waals surface area contributed by atoms with Crippen LogP contribution >= 0.6 is 24.0 Å². The maximum atomic E-state index is 12.8. The number of nitrogens with zero attached hydrogens (tertiary/aromatic N) is 2. The molecule has 3 rings (SSSR count). The summed E-state index contributed by atoms with van der Waals surface area (Å²) >= 11 is 6.08. The van der Waals surface area contributed by atoms with Crippen molar-refractivity contribution in [1.82, 2.24) is 4.90 Å². The summed E-state index contributed by atoms with van der Waals surface area (Å²) in [6.07, 6.45) is 1.07. The molecule has 0 spiro atoms. The van der Waals surface area contributed by atoms with E-state index in [2.05, 4.69) is 0 Å². The summed E-state index contributed by atoms with van der Waals surface area (Å²) in [6.45, 7) is 0. The molecular weight excluding hydrogens is 446 g/mol. The summed E-state index contributed by atoms with van der Waals surface area (Å²) in [5.41, 5.74) is 5.64. The molecule has 1 fully saturated rings. The van der Waals surface area contributed by atoms with Gasteiger partial charge in [0.1, 0.15) is 21.9 Å². The minimum absolute atomic E-state index is 0.0512. The number of carboxylic acids is 1. The van der Waals surface area contributed by atoms with Gasteiger partial charge < -0.3 is 15.3 Å². The molecule has 1 aliphatic heterocycles. The second-order valence-electron chi connectivity index (χ2n) is 6.42. The Morgan fingerprint density at radius 2 is 1.97 bits per heavy atom. The second-order valence-corrected chi connectivity index (χ2v) is 8.09. The Hall–Kier alpha value is -3.51. The molecule has 0 radical (unpaired) electrons. The average Bonchev–Trinajstić information content (AvgIpc) is 3.28. The van der Waals surface area contributed by atoms with Crippen LogP contribution in [-0.4, -0.2) is 43.1 Å². The molecule has 10 nitrogen and oxygen atoms in total. The fraction of sp³-hybridized carbons (Fsp3) is 0.158. The Labute approximate surface area is 184 Å². The molecule has 1 aromatic heterocycles. The summed E-state index contributed by atoms with van der Waals surface area (Å²) in [6, 6.07) is 7.71. The van der Waals surface area contributed by atoms with Gasteiger partial charge in [-0.15, -0.1) is 0 Å². The first-order chi connectivity index (χ1) is 14.7. The fourth-order valence-corrected chi connectivity index (χ4v) is 4.19. The first-order valence-electron chi connectivity index (χ1n) is 8.80. The van der Waals surface area contributed by atoms with Crippen LogP contribution in [0.25, 0.3) is 17.4 Å². The number of nitrogens with two attached hydrogens (primary N) is 1. The van der Waals surface area contributed by atoms with Crippen LogP contribution in [0.4, 0.5) is 5.69 Å². The van der Waals surface area contributed by atoms with E-state index in [0.29, 0.717) is 17.1 Å². The number of non-ortho nitro benzene ring substituents is 1. The number of furan rings is 1. The Kier molecular flexibility index (Phi) is 6.51. The number of primary amides is 1. The van der Waals surface area contributed by atoms with Gasteiger partial charge in [0.05, 0.1) is 9.83 Å². The maximum Gasteiger partial charge on any atom is 0.326 e. The number of thioether (sulfide) groups is 1. The molecule has 31 heavy (non-hydrogen) atoms. The van der Waals surface area contributed by atoms with Crippen LogP contribution in [0.15, 0.2) is 45.7 Å². The maximum absolute atomic E-state index is 12.8. The van der Waals surface area contributed by atoms with Crippen LogP contribution in [0.3, 0.4) is 0 Å². The lowest BCUT2D eigenvalue weighted by molar-refractivity contribution is -0.384. The smallest absolute Gasteiger partial charge is 0.326 e. The zero-order chi connectivity index (χ0) is 22.7. The van der Waals surface area contributed by atoms with Crippen LogP contribution in [0.1, 0.15) is 18.6 Å². The van der Waals surface area contributed by atoms with Crippen molar-refractivity contribution in [2.45, 2.75) is 18.9 Å². The lowest BCUT2D eigenvalue weighted by Gasteiger charge is -2.22. The number of hydrogen-bond acceptors (Lipinski definition) is 8. The molecule has 0 aliphatic carbocycles. The highest BCUT2D eigenvalue weighted by molar-refractivity contribution is 8.26. The van der Waals surface area contributed by atoms with Gasteiger partial charge in [0.2, 0.25) is 5.91 Å². The molecule has 1 aliphatic rings. The number of nitro groups is 1. The molecule has 2 heterocycles. The highest BCUT2D eigenvalue weighted by Gasteiger charge is 2.40. The van der Waals surface area contributed by atoms with Crippen LogP contribution < -0.4 is 5.73 Å². The molecule has 160 valence electrons. The number of benzene rings is 1. The first-order valence-corrected chi connectivity index (χ1v) is 10.0. The van der Waals surface area contributed by atoms with Crippen LogP contribution in [-0.2, 0) is 14.4 Å². The number of hydrogen-bond donors (Lipinski definition) is 2. The molecule has 12 heteroatoms. The van der Waals surface area contributed by atoms with Crippen LogP contribution in [0.5, 0.6) is 0 Å². The Morgan fingerprint density at radius 1 is 1.29 bits per heavy atom. The quantitative estimate of drug-likeness (QED) is 0.261. The van der Waals surface area contributed by atoms with Crippen LogP contribution in [0.2, 0.25) is 0 Å². The topological polar surface area (TPSA) is 157 Å². The number of carboxylic acid groups (broad SMARTS) is 1. The van der Waals surface area contributed by atoms with E-state index in [1.54, 1.807) is 12.1 Å². The van der Waals surface area contributed by atoms with E-state index in [1.807, 2.05) is 0 Å². The van der Waals surface area contributed by atoms with Crippen molar-refractivity contribution in [3.63, 3.8) is 0 Å². The van der Waals surface area contributed by atoms with E-state index < -0.39 is 28.7 Å². The van der Waals surface area contributed by atoms with E-state index in [-0.39, 0.29) is 27.8 Å². The number of nitro benzene ring substituents is 1. The van der Waals surface area contributed by atoms with E-state index in [9.17, 15) is 29.6 Å². The minimum Gasteiger partial charge on any atom is -0.480 e. The van der Waals surface area contributed by atoms with Gasteiger partial charge in [0.15, 0.2) is 0 Å². The Bertz CT molecular complexity index is 1110. The number of thiocarbonyl (C=S) groups is 1. The van der Waals surface area contributed by atoms with Crippen molar-refractivity contribution in [1.29, 1.82) is 0 Å². The summed E-state index contributed by atoms with van der Waals surface area (Å²) in [7, 11) is 0. The molecule has 2 amide bonds. The predicted molar refractivity (Wildman–Crippen MR) is 116 cm³/mol. The van der Waals surface area contributed by atoms with Gasteiger partial charge in [-0.25, -0.2) is 4.79 Å². The molecule has 2 aromatic rings. The lowest BCUT2D eigenvalue weighted by atomic mass is 10.1. The Morgan fingerprint density at radius 3 is 2.55 bits per heavy atom. The zero-order valence-electron chi connectivity index (χ0n) is 15.7. The summed E-state index contributed by atoms with van der Waals surface area (Å²) in [5, 5.41) is 20.2. The third kappa shape index (κ3) is 4.98. The van der Waals surface area contributed by atoms with Crippen LogP contribution in [0, 0.1) is 10.1 Å². The number of carbonyl (C=O) groups is 3. The van der Waals surface area contributed by atoms with Crippen molar-refractivity contribution in [3.05, 3.63) is 57.2 Å². The Balaban J connectivity index is 1.80. The fourth-order valence-electron chi connectivity index (χ4n) is 2.85. The van der Waals surface area contributed by atoms with Crippen molar-refractivity contribution in [2.75, 3.05) is 0 Å². The minimum atomic E-state index is -1.31. The zero-order valence-corrected chi connectivity index (χ0v) is 17.4.